The standard InChI is InChI=1S/C22H26N4O2/c1-4-26(5-2)18-8-9-20(16(3)13-18)25-22(27)17-10-11-23-21(14-17)24-15-19-7-6-12-28-19/h6-14H,4-5,15H2,1-3H3,(H,23,24)(H,25,27). The van der Waals surface area contributed by atoms with Crippen LogP contribution in [-0.2, 0) is 6.54 Å². The fourth-order valence-corrected chi connectivity index (χ4v) is 3.03. The molecule has 0 aliphatic heterocycles. The Morgan fingerprint density at radius 1 is 1.14 bits per heavy atom. The van der Waals surface area contributed by atoms with Gasteiger partial charge in [0.25, 0.3) is 5.91 Å². The Bertz CT molecular complexity index is 918. The van der Waals surface area contributed by atoms with Gasteiger partial charge in [-0.25, -0.2) is 4.98 Å². The van der Waals surface area contributed by atoms with Gasteiger partial charge in [-0.1, -0.05) is 0 Å². The Morgan fingerprint density at radius 2 is 1.96 bits per heavy atom. The number of anilines is 3. The molecule has 3 rings (SSSR count). The topological polar surface area (TPSA) is 70.4 Å². The minimum Gasteiger partial charge on any atom is -0.467 e. The lowest BCUT2D eigenvalue weighted by atomic mass is 10.1. The molecular formula is C22H26N4O2. The van der Waals surface area contributed by atoms with E-state index >= 15 is 0 Å². The van der Waals surface area contributed by atoms with E-state index in [2.05, 4.69) is 40.4 Å². The maximum atomic E-state index is 12.7. The van der Waals surface area contributed by atoms with Crippen molar-refractivity contribution in [1.29, 1.82) is 0 Å². The molecule has 28 heavy (non-hydrogen) atoms. The number of aryl methyl sites for hydroxylation is 1. The molecule has 2 aromatic heterocycles. The molecule has 0 atom stereocenters. The van der Waals surface area contributed by atoms with Gasteiger partial charge < -0.3 is 20.0 Å². The van der Waals surface area contributed by atoms with Crippen molar-refractivity contribution in [3.63, 3.8) is 0 Å². The summed E-state index contributed by atoms with van der Waals surface area (Å²) in [5, 5.41) is 6.15. The SMILES string of the molecule is CCN(CC)c1ccc(NC(=O)c2ccnc(NCc3ccco3)c2)c(C)c1. The monoisotopic (exact) mass is 378 g/mol. The molecule has 2 heterocycles. The maximum Gasteiger partial charge on any atom is 0.255 e. The van der Waals surface area contributed by atoms with E-state index in [0.29, 0.717) is 17.9 Å². The molecule has 6 nitrogen and oxygen atoms in total. The van der Waals surface area contributed by atoms with E-state index < -0.39 is 0 Å². The predicted molar refractivity (Wildman–Crippen MR) is 113 cm³/mol. The zero-order chi connectivity index (χ0) is 19.9. The highest BCUT2D eigenvalue weighted by atomic mass is 16.3. The number of carbonyl (C=O) groups excluding carboxylic acids is 1. The van der Waals surface area contributed by atoms with E-state index in [4.69, 9.17) is 4.42 Å². The van der Waals surface area contributed by atoms with Crippen molar-refractivity contribution >= 4 is 23.1 Å². The lowest BCUT2D eigenvalue weighted by Gasteiger charge is -2.22. The molecule has 0 radical (unpaired) electrons. The van der Waals surface area contributed by atoms with E-state index in [9.17, 15) is 4.79 Å². The lowest BCUT2D eigenvalue weighted by molar-refractivity contribution is 0.102. The minimum absolute atomic E-state index is 0.165. The van der Waals surface area contributed by atoms with Gasteiger partial charge in [0, 0.05) is 36.2 Å². The van der Waals surface area contributed by atoms with Crippen LogP contribution in [0.1, 0.15) is 35.5 Å². The smallest absolute Gasteiger partial charge is 0.255 e. The van der Waals surface area contributed by atoms with Gasteiger partial charge in [-0.15, -0.1) is 0 Å². The second kappa shape index (κ2) is 9.08. The molecule has 0 bridgehead atoms. The first-order valence-corrected chi connectivity index (χ1v) is 9.50. The number of hydrogen-bond donors (Lipinski definition) is 2. The first kappa shape index (κ1) is 19.5. The molecular weight excluding hydrogens is 352 g/mol. The Kier molecular flexibility index (Phi) is 6.32. The van der Waals surface area contributed by atoms with Crippen molar-refractivity contribution < 1.29 is 9.21 Å². The third-order valence-corrected chi connectivity index (χ3v) is 4.63. The van der Waals surface area contributed by atoms with Crippen LogP contribution < -0.4 is 15.5 Å². The number of rotatable bonds is 8. The molecule has 0 saturated carbocycles. The highest BCUT2D eigenvalue weighted by Gasteiger charge is 2.11. The van der Waals surface area contributed by atoms with E-state index in [1.54, 1.807) is 24.6 Å². The number of aromatic nitrogens is 1. The summed E-state index contributed by atoms with van der Waals surface area (Å²) in [6.45, 7) is 8.69. The fraction of sp³-hybridized carbons (Fsp3) is 0.273. The van der Waals surface area contributed by atoms with E-state index in [0.717, 1.165) is 35.8 Å². The number of nitrogens with zero attached hydrogens (tertiary/aromatic N) is 2. The van der Waals surface area contributed by atoms with Crippen molar-refractivity contribution in [2.75, 3.05) is 28.6 Å². The van der Waals surface area contributed by atoms with E-state index in [1.807, 2.05) is 31.2 Å². The molecule has 3 aromatic rings. The van der Waals surface area contributed by atoms with Gasteiger partial charge in [0.2, 0.25) is 0 Å². The largest absolute Gasteiger partial charge is 0.467 e. The number of benzene rings is 1. The van der Waals surface area contributed by atoms with Gasteiger partial charge >= 0.3 is 0 Å². The molecule has 0 unspecified atom stereocenters. The van der Waals surface area contributed by atoms with Crippen LogP contribution in [0.4, 0.5) is 17.2 Å². The van der Waals surface area contributed by atoms with Gasteiger partial charge in [-0.05, 0) is 68.8 Å². The molecule has 6 heteroatoms. The fourth-order valence-electron chi connectivity index (χ4n) is 3.03. The van der Waals surface area contributed by atoms with Gasteiger partial charge in [0.1, 0.15) is 11.6 Å². The number of furan rings is 1. The second-order valence-electron chi connectivity index (χ2n) is 6.49. The van der Waals surface area contributed by atoms with E-state index in [-0.39, 0.29) is 5.91 Å². The van der Waals surface area contributed by atoms with Crippen LogP contribution in [0, 0.1) is 6.92 Å². The quantitative estimate of drug-likeness (QED) is 0.595. The summed E-state index contributed by atoms with van der Waals surface area (Å²) in [5.74, 6) is 1.26. The Labute approximate surface area is 165 Å². The highest BCUT2D eigenvalue weighted by Crippen LogP contribution is 2.23. The number of hydrogen-bond acceptors (Lipinski definition) is 5. The van der Waals surface area contributed by atoms with Crippen LogP contribution in [0.5, 0.6) is 0 Å². The third kappa shape index (κ3) is 4.71. The molecule has 0 aliphatic carbocycles. The molecule has 0 fully saturated rings. The Balaban J connectivity index is 1.68. The molecule has 1 aromatic carbocycles. The summed E-state index contributed by atoms with van der Waals surface area (Å²) in [4.78, 5) is 19.2. The van der Waals surface area contributed by atoms with Crippen molar-refractivity contribution in [3.8, 4) is 0 Å². The van der Waals surface area contributed by atoms with Gasteiger partial charge in [0.05, 0.1) is 12.8 Å². The number of amides is 1. The normalized spacial score (nSPS) is 10.5. The maximum absolute atomic E-state index is 12.7. The summed E-state index contributed by atoms with van der Waals surface area (Å²) < 4.78 is 5.29. The van der Waals surface area contributed by atoms with Crippen LogP contribution in [0.2, 0.25) is 0 Å². The Morgan fingerprint density at radius 3 is 2.64 bits per heavy atom. The van der Waals surface area contributed by atoms with Crippen LogP contribution >= 0.6 is 0 Å². The van der Waals surface area contributed by atoms with Gasteiger partial charge in [0.15, 0.2) is 0 Å². The summed E-state index contributed by atoms with van der Waals surface area (Å²) >= 11 is 0. The average Bonchev–Trinajstić information content (AvgIpc) is 3.23. The summed E-state index contributed by atoms with van der Waals surface area (Å²) in [5.41, 5.74) is 3.55. The van der Waals surface area contributed by atoms with Crippen LogP contribution in [0.3, 0.4) is 0 Å². The van der Waals surface area contributed by atoms with E-state index in [1.165, 1.54) is 0 Å². The van der Waals surface area contributed by atoms with Crippen molar-refractivity contribution in [2.45, 2.75) is 27.3 Å². The zero-order valence-electron chi connectivity index (χ0n) is 16.5. The summed E-state index contributed by atoms with van der Waals surface area (Å²) in [7, 11) is 0. The third-order valence-electron chi connectivity index (χ3n) is 4.63. The molecule has 0 saturated heterocycles. The number of pyridine rings is 1. The van der Waals surface area contributed by atoms with Crippen LogP contribution in [-0.4, -0.2) is 24.0 Å². The molecule has 146 valence electrons. The first-order chi connectivity index (χ1) is 13.6. The second-order valence-corrected chi connectivity index (χ2v) is 6.49. The zero-order valence-corrected chi connectivity index (χ0v) is 16.5. The average molecular weight is 378 g/mol. The lowest BCUT2D eigenvalue weighted by Crippen LogP contribution is -2.22. The van der Waals surface area contributed by atoms with Crippen molar-refractivity contribution in [1.82, 2.24) is 4.98 Å². The summed E-state index contributed by atoms with van der Waals surface area (Å²) in [6, 6.07) is 13.3. The molecule has 0 aliphatic rings. The highest BCUT2D eigenvalue weighted by molar-refractivity contribution is 6.05. The van der Waals surface area contributed by atoms with Crippen molar-refractivity contribution in [3.05, 3.63) is 71.8 Å². The molecule has 0 spiro atoms. The van der Waals surface area contributed by atoms with Crippen molar-refractivity contribution in [2.24, 2.45) is 0 Å². The summed E-state index contributed by atoms with van der Waals surface area (Å²) in [6.07, 6.45) is 3.25. The first-order valence-electron chi connectivity index (χ1n) is 9.50. The molecule has 2 N–H and O–H groups in total. The van der Waals surface area contributed by atoms with Crippen LogP contribution in [0.15, 0.2) is 59.3 Å². The van der Waals surface area contributed by atoms with Crippen LogP contribution in [0.25, 0.3) is 0 Å². The number of carbonyl (C=O) groups is 1. The van der Waals surface area contributed by atoms with Gasteiger partial charge in [-0.2, -0.15) is 0 Å². The minimum atomic E-state index is -0.165. The Hall–Kier alpha value is -3.28. The van der Waals surface area contributed by atoms with Gasteiger partial charge in [-0.3, -0.25) is 4.79 Å². The number of nitrogens with one attached hydrogen (secondary N) is 2. The molecule has 1 amide bonds. The predicted octanol–water partition coefficient (Wildman–Crippen LogP) is 4.69.